The van der Waals surface area contributed by atoms with E-state index in [1.165, 1.54) is 11.1 Å². The molecule has 0 aliphatic carbocycles. The molecule has 0 bridgehead atoms. The molecule has 0 aliphatic rings. The van der Waals surface area contributed by atoms with Crippen LogP contribution in [0, 0.1) is 0 Å². The normalized spacial score (nSPS) is 12.4. The van der Waals surface area contributed by atoms with Gasteiger partial charge in [0.25, 0.3) is 0 Å². The molecule has 0 saturated carbocycles. The fourth-order valence-corrected chi connectivity index (χ4v) is 2.80. The topological polar surface area (TPSA) is 12.0 Å². The zero-order valence-corrected chi connectivity index (χ0v) is 13.2. The van der Waals surface area contributed by atoms with Gasteiger partial charge in [-0.15, -0.1) is 0 Å². The maximum Gasteiger partial charge on any atom is 0.0441 e. The average Bonchev–Trinajstić information content (AvgIpc) is 2.41. The van der Waals surface area contributed by atoms with Crippen LogP contribution in [0.3, 0.4) is 0 Å². The van der Waals surface area contributed by atoms with Gasteiger partial charge in [-0.2, -0.15) is 0 Å². The molecule has 0 saturated heterocycles. The minimum Gasteiger partial charge on any atom is -0.319 e. The Labute approximate surface area is 128 Å². The van der Waals surface area contributed by atoms with Crippen molar-refractivity contribution in [3.8, 4) is 0 Å². The van der Waals surface area contributed by atoms with Crippen molar-refractivity contribution in [2.45, 2.75) is 12.3 Å². The molecule has 1 unspecified atom stereocenters. The van der Waals surface area contributed by atoms with Crippen LogP contribution in [0.1, 0.15) is 17.0 Å². The Morgan fingerprint density at radius 1 is 1.11 bits per heavy atom. The monoisotopic (exact) mass is 337 g/mol. The van der Waals surface area contributed by atoms with E-state index in [0.717, 1.165) is 22.5 Å². The minimum absolute atomic E-state index is 0.389. The summed E-state index contributed by atoms with van der Waals surface area (Å²) in [5, 5.41) is 4.10. The third kappa shape index (κ3) is 4.07. The van der Waals surface area contributed by atoms with Crippen molar-refractivity contribution in [3.05, 3.63) is 69.2 Å². The van der Waals surface area contributed by atoms with Crippen LogP contribution < -0.4 is 5.32 Å². The number of halogens is 2. The standard InChI is InChI=1S/C16H17BrClN/c1-19-11-13(15-4-2-3-5-16(15)18)10-12-6-8-14(17)9-7-12/h2-9,13,19H,10-11H2,1H3. The molecular weight excluding hydrogens is 322 g/mol. The molecule has 1 atom stereocenters. The lowest BCUT2D eigenvalue weighted by atomic mass is 9.92. The molecule has 2 aromatic rings. The van der Waals surface area contributed by atoms with Gasteiger partial charge in [-0.05, 0) is 42.8 Å². The number of likely N-dealkylation sites (N-methyl/N-ethyl adjacent to an activating group) is 1. The second-order valence-electron chi connectivity index (χ2n) is 4.61. The molecule has 0 fully saturated rings. The summed E-state index contributed by atoms with van der Waals surface area (Å²) in [6.07, 6.45) is 0.984. The zero-order valence-electron chi connectivity index (χ0n) is 10.9. The Bertz CT molecular complexity index is 525. The van der Waals surface area contributed by atoms with Gasteiger partial charge >= 0.3 is 0 Å². The first kappa shape index (κ1) is 14.6. The van der Waals surface area contributed by atoms with E-state index in [2.05, 4.69) is 51.6 Å². The fraction of sp³-hybridized carbons (Fsp3) is 0.250. The molecule has 0 amide bonds. The number of hydrogen-bond acceptors (Lipinski definition) is 1. The highest BCUT2D eigenvalue weighted by Gasteiger charge is 2.14. The second kappa shape index (κ2) is 7.09. The number of rotatable bonds is 5. The van der Waals surface area contributed by atoms with E-state index in [1.54, 1.807) is 0 Å². The Kier molecular flexibility index (Phi) is 5.44. The summed E-state index contributed by atoms with van der Waals surface area (Å²) in [4.78, 5) is 0. The number of hydrogen-bond donors (Lipinski definition) is 1. The van der Waals surface area contributed by atoms with Crippen LogP contribution >= 0.6 is 27.5 Å². The molecule has 0 heterocycles. The van der Waals surface area contributed by atoms with Crippen LogP contribution in [0.2, 0.25) is 5.02 Å². The van der Waals surface area contributed by atoms with E-state index in [-0.39, 0.29) is 0 Å². The SMILES string of the molecule is CNCC(Cc1ccc(Br)cc1)c1ccccc1Cl. The molecule has 0 radical (unpaired) electrons. The summed E-state index contributed by atoms with van der Waals surface area (Å²) in [6.45, 7) is 0.916. The van der Waals surface area contributed by atoms with Crippen molar-refractivity contribution >= 4 is 27.5 Å². The molecule has 0 aromatic heterocycles. The lowest BCUT2D eigenvalue weighted by molar-refractivity contribution is 0.626. The van der Waals surface area contributed by atoms with Gasteiger partial charge in [0.1, 0.15) is 0 Å². The summed E-state index contributed by atoms with van der Waals surface area (Å²) in [5.41, 5.74) is 2.53. The molecule has 2 aromatic carbocycles. The van der Waals surface area contributed by atoms with Crippen LogP contribution in [0.5, 0.6) is 0 Å². The van der Waals surface area contributed by atoms with Crippen molar-refractivity contribution in [2.75, 3.05) is 13.6 Å². The maximum absolute atomic E-state index is 6.31. The Morgan fingerprint density at radius 3 is 2.42 bits per heavy atom. The van der Waals surface area contributed by atoms with Crippen LogP contribution in [0.25, 0.3) is 0 Å². The van der Waals surface area contributed by atoms with Gasteiger partial charge in [-0.25, -0.2) is 0 Å². The average molecular weight is 339 g/mol. The predicted molar refractivity (Wildman–Crippen MR) is 86.0 cm³/mol. The van der Waals surface area contributed by atoms with Gasteiger partial charge in [-0.1, -0.05) is 57.9 Å². The summed E-state index contributed by atoms with van der Waals surface area (Å²) < 4.78 is 1.11. The lowest BCUT2D eigenvalue weighted by Gasteiger charge is -2.18. The van der Waals surface area contributed by atoms with Gasteiger partial charge in [0, 0.05) is 22.0 Å². The highest BCUT2D eigenvalue weighted by atomic mass is 79.9. The van der Waals surface area contributed by atoms with Gasteiger partial charge in [0.2, 0.25) is 0 Å². The quantitative estimate of drug-likeness (QED) is 0.837. The van der Waals surface area contributed by atoms with Crippen LogP contribution in [0.15, 0.2) is 53.0 Å². The second-order valence-corrected chi connectivity index (χ2v) is 5.93. The van der Waals surface area contributed by atoms with Crippen molar-refractivity contribution < 1.29 is 0 Å². The molecule has 0 aliphatic heterocycles. The molecule has 3 heteroatoms. The number of benzene rings is 2. The summed E-state index contributed by atoms with van der Waals surface area (Å²) >= 11 is 9.78. The molecule has 1 nitrogen and oxygen atoms in total. The largest absolute Gasteiger partial charge is 0.319 e. The van der Waals surface area contributed by atoms with Gasteiger partial charge < -0.3 is 5.32 Å². The molecular formula is C16H17BrClN. The molecule has 19 heavy (non-hydrogen) atoms. The first-order valence-electron chi connectivity index (χ1n) is 6.34. The van der Waals surface area contributed by atoms with Gasteiger partial charge in [-0.3, -0.25) is 0 Å². The smallest absolute Gasteiger partial charge is 0.0441 e. The Balaban J connectivity index is 2.21. The number of nitrogens with one attached hydrogen (secondary N) is 1. The van der Waals surface area contributed by atoms with E-state index in [0.29, 0.717) is 5.92 Å². The van der Waals surface area contributed by atoms with Crippen molar-refractivity contribution in [1.82, 2.24) is 5.32 Å². The van der Waals surface area contributed by atoms with E-state index in [1.807, 2.05) is 25.2 Å². The fourth-order valence-electron chi connectivity index (χ4n) is 2.25. The highest BCUT2D eigenvalue weighted by molar-refractivity contribution is 9.10. The summed E-state index contributed by atoms with van der Waals surface area (Å²) in [7, 11) is 1.98. The Morgan fingerprint density at radius 2 is 1.79 bits per heavy atom. The van der Waals surface area contributed by atoms with Crippen LogP contribution in [0.4, 0.5) is 0 Å². The van der Waals surface area contributed by atoms with Gasteiger partial charge in [0.15, 0.2) is 0 Å². The van der Waals surface area contributed by atoms with E-state index >= 15 is 0 Å². The third-order valence-corrected chi connectivity index (χ3v) is 4.06. The third-order valence-electron chi connectivity index (χ3n) is 3.19. The Hall–Kier alpha value is -0.830. The van der Waals surface area contributed by atoms with Gasteiger partial charge in [0.05, 0.1) is 0 Å². The maximum atomic E-state index is 6.31. The first-order chi connectivity index (χ1) is 9.20. The van der Waals surface area contributed by atoms with Crippen molar-refractivity contribution in [1.29, 1.82) is 0 Å². The lowest BCUT2D eigenvalue weighted by Crippen LogP contribution is -2.19. The minimum atomic E-state index is 0.389. The molecule has 100 valence electrons. The zero-order chi connectivity index (χ0) is 13.7. The predicted octanol–water partition coefficient (Wildman–Crippen LogP) is 4.65. The summed E-state index contributed by atoms with van der Waals surface area (Å²) in [5.74, 6) is 0.389. The molecule has 1 N–H and O–H groups in total. The van der Waals surface area contributed by atoms with E-state index < -0.39 is 0 Å². The van der Waals surface area contributed by atoms with Crippen LogP contribution in [-0.2, 0) is 6.42 Å². The van der Waals surface area contributed by atoms with Crippen LogP contribution in [-0.4, -0.2) is 13.6 Å². The van der Waals surface area contributed by atoms with E-state index in [9.17, 15) is 0 Å². The van der Waals surface area contributed by atoms with E-state index in [4.69, 9.17) is 11.6 Å². The van der Waals surface area contributed by atoms with Crippen molar-refractivity contribution in [3.63, 3.8) is 0 Å². The van der Waals surface area contributed by atoms with Crippen molar-refractivity contribution in [2.24, 2.45) is 0 Å². The first-order valence-corrected chi connectivity index (χ1v) is 7.51. The highest BCUT2D eigenvalue weighted by Crippen LogP contribution is 2.27. The molecule has 0 spiro atoms. The summed E-state index contributed by atoms with van der Waals surface area (Å²) in [6, 6.07) is 16.6. The molecule has 2 rings (SSSR count).